The van der Waals surface area contributed by atoms with Gasteiger partial charge in [-0.25, -0.2) is 0 Å². The fourth-order valence-electron chi connectivity index (χ4n) is 0.459. The Hall–Kier alpha value is -0.120. The van der Waals surface area contributed by atoms with Crippen LogP contribution in [0, 0.1) is 0 Å². The van der Waals surface area contributed by atoms with Gasteiger partial charge in [0.15, 0.2) is 12.1 Å². The van der Waals surface area contributed by atoms with Crippen LogP contribution in [0.1, 0.15) is 27.2 Å². The molecule has 0 bridgehead atoms. The van der Waals surface area contributed by atoms with Crippen molar-refractivity contribution in [2.24, 2.45) is 0 Å². The van der Waals surface area contributed by atoms with E-state index in [1.165, 1.54) is 0 Å². The predicted octanol–water partition coefficient (Wildman–Crippen LogP) is 1.11. The molecule has 3 heteroatoms. The van der Waals surface area contributed by atoms with Crippen molar-refractivity contribution in [2.45, 2.75) is 39.3 Å². The Kier molecular flexibility index (Phi) is 3.86. The minimum Gasteiger partial charge on any atom is -0.368 e. The SMILES string of the molecule is CCC(O)OC(C)(C)OC. The van der Waals surface area contributed by atoms with Gasteiger partial charge >= 0.3 is 0 Å². The van der Waals surface area contributed by atoms with E-state index in [9.17, 15) is 0 Å². The van der Waals surface area contributed by atoms with Gasteiger partial charge < -0.3 is 14.6 Å². The molecule has 0 radical (unpaired) electrons. The van der Waals surface area contributed by atoms with Crippen molar-refractivity contribution in [3.8, 4) is 0 Å². The molecule has 0 aliphatic rings. The summed E-state index contributed by atoms with van der Waals surface area (Å²) in [5.41, 5.74) is 0. The Bertz CT molecular complexity index is 90.9. The van der Waals surface area contributed by atoms with E-state index in [1.807, 2.05) is 6.92 Å². The third-order valence-corrected chi connectivity index (χ3v) is 1.26. The van der Waals surface area contributed by atoms with Crippen LogP contribution < -0.4 is 0 Å². The number of methoxy groups -OCH3 is 1. The minimum atomic E-state index is -0.727. The topological polar surface area (TPSA) is 38.7 Å². The van der Waals surface area contributed by atoms with E-state index in [0.29, 0.717) is 6.42 Å². The molecule has 1 N–H and O–H groups in total. The molecule has 10 heavy (non-hydrogen) atoms. The molecule has 0 fully saturated rings. The fraction of sp³-hybridized carbons (Fsp3) is 1.00. The van der Waals surface area contributed by atoms with E-state index in [4.69, 9.17) is 14.6 Å². The molecule has 0 amide bonds. The van der Waals surface area contributed by atoms with Gasteiger partial charge in [0.05, 0.1) is 0 Å². The van der Waals surface area contributed by atoms with Crippen molar-refractivity contribution in [3.63, 3.8) is 0 Å². The van der Waals surface area contributed by atoms with Crippen molar-refractivity contribution in [2.75, 3.05) is 7.11 Å². The third-order valence-electron chi connectivity index (χ3n) is 1.26. The minimum absolute atomic E-state index is 0.576. The van der Waals surface area contributed by atoms with Crippen LogP contribution >= 0.6 is 0 Å². The molecular formula is C7H16O3. The average molecular weight is 148 g/mol. The van der Waals surface area contributed by atoms with E-state index in [0.717, 1.165) is 0 Å². The molecule has 0 heterocycles. The summed E-state index contributed by atoms with van der Waals surface area (Å²) in [6.45, 7) is 5.36. The molecule has 0 saturated heterocycles. The molecule has 62 valence electrons. The van der Waals surface area contributed by atoms with E-state index < -0.39 is 12.1 Å². The van der Waals surface area contributed by atoms with Gasteiger partial charge in [0, 0.05) is 7.11 Å². The second-order valence-electron chi connectivity index (χ2n) is 2.58. The van der Waals surface area contributed by atoms with Crippen LogP contribution in [0.3, 0.4) is 0 Å². The molecule has 0 aliphatic carbocycles. The van der Waals surface area contributed by atoms with Gasteiger partial charge in [-0.05, 0) is 20.3 Å². The summed E-state index contributed by atoms with van der Waals surface area (Å²) < 4.78 is 10.00. The molecule has 0 aromatic carbocycles. The quantitative estimate of drug-likeness (QED) is 0.607. The number of ether oxygens (including phenoxy) is 2. The summed E-state index contributed by atoms with van der Waals surface area (Å²) in [4.78, 5) is 0. The summed E-state index contributed by atoms with van der Waals surface area (Å²) in [7, 11) is 1.54. The highest BCUT2D eigenvalue weighted by Gasteiger charge is 2.19. The molecule has 0 saturated carbocycles. The fourth-order valence-corrected chi connectivity index (χ4v) is 0.459. The average Bonchev–Trinajstić information content (AvgIpc) is 1.87. The number of aliphatic hydroxyl groups is 1. The van der Waals surface area contributed by atoms with Gasteiger partial charge in [-0.1, -0.05) is 6.92 Å². The zero-order chi connectivity index (χ0) is 8.20. The molecule has 1 unspecified atom stereocenters. The van der Waals surface area contributed by atoms with Crippen molar-refractivity contribution < 1.29 is 14.6 Å². The highest BCUT2D eigenvalue weighted by Crippen LogP contribution is 2.12. The first-order chi connectivity index (χ1) is 4.52. The molecule has 0 aliphatic heterocycles. The maximum absolute atomic E-state index is 9.02. The number of aliphatic hydroxyl groups excluding tert-OH is 1. The van der Waals surface area contributed by atoms with Crippen molar-refractivity contribution in [1.82, 2.24) is 0 Å². The smallest absolute Gasteiger partial charge is 0.165 e. The first-order valence-electron chi connectivity index (χ1n) is 3.43. The van der Waals surface area contributed by atoms with E-state index in [1.54, 1.807) is 21.0 Å². The van der Waals surface area contributed by atoms with Crippen LogP contribution in [-0.4, -0.2) is 24.3 Å². The van der Waals surface area contributed by atoms with E-state index >= 15 is 0 Å². The lowest BCUT2D eigenvalue weighted by Gasteiger charge is -2.25. The number of rotatable bonds is 4. The standard InChI is InChI=1S/C7H16O3/c1-5-6(8)10-7(2,3)9-4/h6,8H,5H2,1-4H3. The number of hydrogen-bond acceptors (Lipinski definition) is 3. The Labute approximate surface area is 62.0 Å². The van der Waals surface area contributed by atoms with Crippen LogP contribution in [0.15, 0.2) is 0 Å². The Morgan fingerprint density at radius 1 is 1.50 bits per heavy atom. The monoisotopic (exact) mass is 148 g/mol. The van der Waals surface area contributed by atoms with Gasteiger partial charge in [0.2, 0.25) is 0 Å². The van der Waals surface area contributed by atoms with Crippen molar-refractivity contribution in [1.29, 1.82) is 0 Å². The van der Waals surface area contributed by atoms with Gasteiger partial charge in [-0.3, -0.25) is 0 Å². The lowest BCUT2D eigenvalue weighted by atomic mass is 10.3. The normalized spacial score (nSPS) is 15.3. The summed E-state index contributed by atoms with van der Waals surface area (Å²) in [5.74, 6) is -0.685. The lowest BCUT2D eigenvalue weighted by molar-refractivity contribution is -0.272. The lowest BCUT2D eigenvalue weighted by Crippen LogP contribution is -2.31. The van der Waals surface area contributed by atoms with Gasteiger partial charge in [0.25, 0.3) is 0 Å². The molecule has 1 atom stereocenters. The Balaban J connectivity index is 3.64. The van der Waals surface area contributed by atoms with Crippen LogP contribution in [0.4, 0.5) is 0 Å². The zero-order valence-corrected chi connectivity index (χ0v) is 7.05. The summed E-state index contributed by atoms with van der Waals surface area (Å²) in [5, 5.41) is 9.02. The molecule has 3 nitrogen and oxygen atoms in total. The zero-order valence-electron chi connectivity index (χ0n) is 7.05. The maximum atomic E-state index is 9.02. The third kappa shape index (κ3) is 3.82. The molecule has 0 spiro atoms. The second kappa shape index (κ2) is 3.91. The van der Waals surface area contributed by atoms with Crippen molar-refractivity contribution in [3.05, 3.63) is 0 Å². The van der Waals surface area contributed by atoms with Gasteiger partial charge in [0.1, 0.15) is 0 Å². The highest BCUT2D eigenvalue weighted by molar-refractivity contribution is 4.52. The largest absolute Gasteiger partial charge is 0.368 e. The Morgan fingerprint density at radius 2 is 2.00 bits per heavy atom. The summed E-state index contributed by atoms with van der Waals surface area (Å²) in [6, 6.07) is 0. The van der Waals surface area contributed by atoms with Crippen LogP contribution in [0.25, 0.3) is 0 Å². The summed E-state index contributed by atoms with van der Waals surface area (Å²) >= 11 is 0. The van der Waals surface area contributed by atoms with Gasteiger partial charge in [-0.15, -0.1) is 0 Å². The second-order valence-corrected chi connectivity index (χ2v) is 2.58. The molecule has 0 aromatic heterocycles. The first-order valence-corrected chi connectivity index (χ1v) is 3.43. The molecule has 0 rings (SSSR count). The van der Waals surface area contributed by atoms with E-state index in [-0.39, 0.29) is 0 Å². The van der Waals surface area contributed by atoms with Crippen molar-refractivity contribution >= 4 is 0 Å². The first kappa shape index (κ1) is 9.88. The highest BCUT2D eigenvalue weighted by atomic mass is 16.7. The number of hydrogen-bond donors (Lipinski definition) is 1. The Morgan fingerprint density at radius 3 is 2.30 bits per heavy atom. The van der Waals surface area contributed by atoms with Crippen LogP contribution in [-0.2, 0) is 9.47 Å². The maximum Gasteiger partial charge on any atom is 0.165 e. The van der Waals surface area contributed by atoms with Gasteiger partial charge in [-0.2, -0.15) is 0 Å². The summed E-state index contributed by atoms with van der Waals surface area (Å²) in [6.07, 6.45) is -0.151. The van der Waals surface area contributed by atoms with Crippen LogP contribution in [0.5, 0.6) is 0 Å². The molecular weight excluding hydrogens is 132 g/mol. The molecule has 0 aromatic rings. The van der Waals surface area contributed by atoms with E-state index in [2.05, 4.69) is 0 Å². The van der Waals surface area contributed by atoms with Crippen LogP contribution in [0.2, 0.25) is 0 Å². The predicted molar refractivity (Wildman–Crippen MR) is 38.5 cm³/mol.